The summed E-state index contributed by atoms with van der Waals surface area (Å²) in [5.41, 5.74) is 6.03. The fourth-order valence-electron chi connectivity index (χ4n) is 4.23. The van der Waals surface area contributed by atoms with Crippen molar-refractivity contribution >= 4 is 5.69 Å². The predicted octanol–water partition coefficient (Wildman–Crippen LogP) is 4.41. The first-order chi connectivity index (χ1) is 15.3. The minimum Gasteiger partial charge on any atom is -0.488 e. The van der Waals surface area contributed by atoms with Crippen molar-refractivity contribution in [1.29, 1.82) is 5.26 Å². The van der Waals surface area contributed by atoms with E-state index in [1.807, 2.05) is 31.2 Å². The van der Waals surface area contributed by atoms with Gasteiger partial charge in [-0.3, -0.25) is 0 Å². The van der Waals surface area contributed by atoms with Gasteiger partial charge in [0.25, 0.3) is 0 Å². The molecule has 2 aromatic carbocycles. The summed E-state index contributed by atoms with van der Waals surface area (Å²) in [6.45, 7) is 5.95. The highest BCUT2D eigenvalue weighted by Gasteiger charge is 2.27. The number of hydrogen-bond acceptors (Lipinski definition) is 6. The fraction of sp³-hybridized carbons (Fsp3) is 0.280. The molecule has 0 amide bonds. The first-order valence-electron chi connectivity index (χ1n) is 10.5. The van der Waals surface area contributed by atoms with Gasteiger partial charge < -0.3 is 19.1 Å². The maximum absolute atomic E-state index is 10.0. The normalized spacial score (nSPS) is 14.8. The predicted molar refractivity (Wildman–Crippen MR) is 118 cm³/mol. The molecule has 1 aromatic heterocycles. The fourth-order valence-corrected chi connectivity index (χ4v) is 4.23. The van der Waals surface area contributed by atoms with Crippen molar-refractivity contribution in [3.8, 4) is 40.1 Å². The molecule has 0 unspecified atom stereocenters. The molecule has 0 N–H and O–H groups in total. The van der Waals surface area contributed by atoms with Crippen LogP contribution in [0.1, 0.15) is 18.1 Å². The molecule has 2 aliphatic rings. The zero-order valence-electron chi connectivity index (χ0n) is 17.4. The molecule has 5 rings (SSSR count). The molecule has 6 heteroatoms. The van der Waals surface area contributed by atoms with Crippen molar-refractivity contribution in [2.75, 3.05) is 37.8 Å². The smallest absolute Gasteiger partial charge is 0.232 e. The summed E-state index contributed by atoms with van der Waals surface area (Å²) in [6, 6.07) is 18.5. The van der Waals surface area contributed by atoms with Crippen molar-refractivity contribution in [1.82, 2.24) is 4.98 Å². The molecule has 1 fully saturated rings. The van der Waals surface area contributed by atoms with Crippen LogP contribution in [-0.2, 0) is 11.3 Å². The number of anilines is 1. The summed E-state index contributed by atoms with van der Waals surface area (Å²) in [5, 5.41) is 10.0. The number of pyridine rings is 1. The van der Waals surface area contributed by atoms with Crippen LogP contribution in [-0.4, -0.2) is 37.9 Å². The number of nitrogens with zero attached hydrogens (tertiary/aromatic N) is 3. The monoisotopic (exact) mass is 413 g/mol. The summed E-state index contributed by atoms with van der Waals surface area (Å²) in [5.74, 6) is 1.16. The Balaban J connectivity index is 1.66. The molecule has 0 aliphatic carbocycles. The highest BCUT2D eigenvalue weighted by molar-refractivity contribution is 5.85. The van der Waals surface area contributed by atoms with Crippen LogP contribution in [0.25, 0.3) is 22.4 Å². The lowest BCUT2D eigenvalue weighted by molar-refractivity contribution is 0.122. The van der Waals surface area contributed by atoms with Crippen LogP contribution in [0.15, 0.2) is 48.5 Å². The van der Waals surface area contributed by atoms with E-state index < -0.39 is 0 Å². The molecule has 2 aliphatic heterocycles. The number of ether oxygens (including phenoxy) is 3. The van der Waals surface area contributed by atoms with E-state index in [1.165, 1.54) is 0 Å². The van der Waals surface area contributed by atoms with Crippen LogP contribution in [0, 0.1) is 11.3 Å². The Kier molecular flexibility index (Phi) is 5.19. The summed E-state index contributed by atoms with van der Waals surface area (Å²) in [4.78, 5) is 7.06. The van der Waals surface area contributed by atoms with E-state index in [4.69, 9.17) is 19.2 Å². The van der Waals surface area contributed by atoms with E-state index in [0.717, 1.165) is 65.7 Å². The second-order valence-electron chi connectivity index (χ2n) is 7.47. The zero-order chi connectivity index (χ0) is 21.2. The molecule has 3 aromatic rings. The molecule has 31 heavy (non-hydrogen) atoms. The zero-order valence-corrected chi connectivity index (χ0v) is 17.4. The standard InChI is InChI=1S/C25H23N3O3/c1-2-30-25-20(15-26)23(17-7-9-18(10-8-17)28-11-13-29-14-12-28)21-16-31-22-6-4-3-5-19(22)24(21)27-25/h3-10H,2,11-14,16H2,1H3. The quantitative estimate of drug-likeness (QED) is 0.631. The third-order valence-electron chi connectivity index (χ3n) is 5.70. The number of rotatable bonds is 4. The van der Waals surface area contributed by atoms with Crippen LogP contribution in [0.3, 0.4) is 0 Å². The molecule has 156 valence electrons. The number of nitriles is 1. The largest absolute Gasteiger partial charge is 0.488 e. The van der Waals surface area contributed by atoms with Gasteiger partial charge in [0.2, 0.25) is 5.88 Å². The molecular formula is C25H23N3O3. The summed E-state index contributed by atoms with van der Waals surface area (Å²) < 4.78 is 17.3. The molecule has 1 saturated heterocycles. The van der Waals surface area contributed by atoms with E-state index in [0.29, 0.717) is 24.7 Å². The number of benzene rings is 2. The maximum Gasteiger partial charge on any atom is 0.232 e. The minimum atomic E-state index is 0.362. The number of hydrogen-bond donors (Lipinski definition) is 0. The SMILES string of the molecule is CCOc1nc2c(c(-c3ccc(N4CCOCC4)cc3)c1C#N)COc1ccccc1-2. The highest BCUT2D eigenvalue weighted by Crippen LogP contribution is 2.44. The lowest BCUT2D eigenvalue weighted by Crippen LogP contribution is -2.36. The highest BCUT2D eigenvalue weighted by atomic mass is 16.5. The molecule has 0 bridgehead atoms. The summed E-state index contributed by atoms with van der Waals surface area (Å²) >= 11 is 0. The lowest BCUT2D eigenvalue weighted by atomic mass is 9.91. The Bertz CT molecular complexity index is 1150. The molecular weight excluding hydrogens is 390 g/mol. The first kappa shape index (κ1) is 19.4. The van der Waals surface area contributed by atoms with Gasteiger partial charge in [0.1, 0.15) is 24.0 Å². The molecule has 0 atom stereocenters. The van der Waals surface area contributed by atoms with E-state index in [-0.39, 0.29) is 0 Å². The van der Waals surface area contributed by atoms with Crippen molar-refractivity contribution < 1.29 is 14.2 Å². The van der Waals surface area contributed by atoms with Gasteiger partial charge in [-0.25, -0.2) is 4.98 Å². The van der Waals surface area contributed by atoms with Gasteiger partial charge in [-0.2, -0.15) is 5.26 Å². The van der Waals surface area contributed by atoms with Crippen LogP contribution in [0.5, 0.6) is 11.6 Å². The molecule has 0 spiro atoms. The molecule has 0 radical (unpaired) electrons. The Labute approximate surface area is 181 Å². The average Bonchev–Trinajstić information content (AvgIpc) is 2.84. The van der Waals surface area contributed by atoms with Gasteiger partial charge in [0, 0.05) is 35.5 Å². The van der Waals surface area contributed by atoms with Gasteiger partial charge in [-0.05, 0) is 36.8 Å². The van der Waals surface area contributed by atoms with Crippen molar-refractivity contribution in [2.24, 2.45) is 0 Å². The molecule has 0 saturated carbocycles. The second kappa shape index (κ2) is 8.29. The van der Waals surface area contributed by atoms with Gasteiger partial charge >= 0.3 is 0 Å². The molecule has 3 heterocycles. The summed E-state index contributed by atoms with van der Waals surface area (Å²) in [6.07, 6.45) is 0. The van der Waals surface area contributed by atoms with Gasteiger partial charge in [-0.15, -0.1) is 0 Å². The Morgan fingerprint density at radius 2 is 1.87 bits per heavy atom. The van der Waals surface area contributed by atoms with E-state index >= 15 is 0 Å². The Hall–Kier alpha value is -3.56. The summed E-state index contributed by atoms with van der Waals surface area (Å²) in [7, 11) is 0. The Morgan fingerprint density at radius 1 is 1.10 bits per heavy atom. The van der Waals surface area contributed by atoms with Crippen LogP contribution < -0.4 is 14.4 Å². The van der Waals surface area contributed by atoms with Gasteiger partial charge in [-0.1, -0.05) is 24.3 Å². The van der Waals surface area contributed by atoms with E-state index in [9.17, 15) is 5.26 Å². The van der Waals surface area contributed by atoms with Crippen LogP contribution in [0.2, 0.25) is 0 Å². The Morgan fingerprint density at radius 3 is 2.61 bits per heavy atom. The van der Waals surface area contributed by atoms with Crippen molar-refractivity contribution in [3.63, 3.8) is 0 Å². The maximum atomic E-state index is 10.0. The lowest BCUT2D eigenvalue weighted by Gasteiger charge is -2.29. The number of fused-ring (bicyclic) bond motifs is 3. The van der Waals surface area contributed by atoms with E-state index in [1.54, 1.807) is 0 Å². The third kappa shape index (κ3) is 3.47. The first-order valence-corrected chi connectivity index (χ1v) is 10.5. The number of morpholine rings is 1. The number of aromatic nitrogens is 1. The topological polar surface area (TPSA) is 67.6 Å². The van der Waals surface area contributed by atoms with Crippen LogP contribution >= 0.6 is 0 Å². The van der Waals surface area contributed by atoms with Crippen molar-refractivity contribution in [2.45, 2.75) is 13.5 Å². The number of para-hydroxylation sites is 1. The van der Waals surface area contributed by atoms with E-state index in [2.05, 4.69) is 35.2 Å². The average molecular weight is 413 g/mol. The second-order valence-corrected chi connectivity index (χ2v) is 7.47. The van der Waals surface area contributed by atoms with Crippen molar-refractivity contribution in [3.05, 3.63) is 59.7 Å². The van der Waals surface area contributed by atoms with Gasteiger partial charge in [0.15, 0.2) is 0 Å². The van der Waals surface area contributed by atoms with Gasteiger partial charge in [0.05, 0.1) is 25.5 Å². The third-order valence-corrected chi connectivity index (χ3v) is 5.70. The molecule has 6 nitrogen and oxygen atoms in total. The minimum absolute atomic E-state index is 0.362. The van der Waals surface area contributed by atoms with Crippen LogP contribution in [0.4, 0.5) is 5.69 Å².